The molecule has 0 fully saturated rings. The molecule has 0 unspecified atom stereocenters. The Hall–Kier alpha value is -3.86. The zero-order chi connectivity index (χ0) is 19.6. The van der Waals surface area contributed by atoms with E-state index in [9.17, 15) is 14.4 Å². The summed E-state index contributed by atoms with van der Waals surface area (Å²) in [5.41, 5.74) is 6.50. The molecule has 0 atom stereocenters. The first-order valence-corrected chi connectivity index (χ1v) is 7.92. The van der Waals surface area contributed by atoms with Gasteiger partial charge in [0.05, 0.1) is 11.6 Å². The molecule has 0 aliphatic heterocycles. The maximum atomic E-state index is 12.1. The summed E-state index contributed by atoms with van der Waals surface area (Å²) in [7, 11) is 0. The number of carbonyl (C=O) groups is 3. The summed E-state index contributed by atoms with van der Waals surface area (Å²) in [5, 5.41) is 11.0. The molecule has 0 heterocycles. The Balaban J connectivity index is 1.90. The minimum Gasteiger partial charge on any atom is -0.484 e. The van der Waals surface area contributed by atoms with Crippen LogP contribution in [0, 0.1) is 11.3 Å². The molecule has 0 aliphatic carbocycles. The number of nitriles is 1. The van der Waals surface area contributed by atoms with Gasteiger partial charge in [-0.25, -0.2) is 4.79 Å². The van der Waals surface area contributed by atoms with Gasteiger partial charge in [0, 0.05) is 5.69 Å². The number of hydrogen-bond donors (Lipinski definition) is 2. The van der Waals surface area contributed by atoms with Crippen LogP contribution in [-0.4, -0.2) is 24.4 Å². The van der Waals surface area contributed by atoms with E-state index in [1.54, 1.807) is 42.5 Å². The van der Waals surface area contributed by atoms with Crippen molar-refractivity contribution in [3.63, 3.8) is 0 Å². The van der Waals surface area contributed by atoms with Gasteiger partial charge in [-0.1, -0.05) is 12.1 Å². The third-order valence-corrected chi connectivity index (χ3v) is 3.29. The van der Waals surface area contributed by atoms with Gasteiger partial charge in [0.2, 0.25) is 5.91 Å². The predicted octanol–water partition coefficient (Wildman–Crippen LogP) is 1.76. The summed E-state index contributed by atoms with van der Waals surface area (Å²) in [6.45, 7) is -0.215. The molecule has 0 radical (unpaired) electrons. The normalized spacial score (nSPS) is 9.74. The lowest BCUT2D eigenvalue weighted by molar-refractivity contribution is -0.120. The van der Waals surface area contributed by atoms with Gasteiger partial charge in [-0.3, -0.25) is 9.59 Å². The van der Waals surface area contributed by atoms with Crippen molar-refractivity contribution in [3.05, 3.63) is 59.7 Å². The Bertz CT molecular complexity index is 872. The van der Waals surface area contributed by atoms with E-state index in [2.05, 4.69) is 5.32 Å². The number of nitrogens with one attached hydrogen (secondary N) is 1. The fourth-order valence-electron chi connectivity index (χ4n) is 2.08. The first kappa shape index (κ1) is 19.5. The van der Waals surface area contributed by atoms with Crippen molar-refractivity contribution >= 4 is 23.5 Å². The molecule has 2 amide bonds. The second-order valence-corrected chi connectivity index (χ2v) is 5.44. The van der Waals surface area contributed by atoms with Gasteiger partial charge in [-0.15, -0.1) is 0 Å². The average molecular weight is 367 g/mol. The van der Waals surface area contributed by atoms with Crippen molar-refractivity contribution in [2.24, 2.45) is 5.73 Å². The van der Waals surface area contributed by atoms with Gasteiger partial charge in [-0.2, -0.15) is 5.26 Å². The maximum absolute atomic E-state index is 12.1. The van der Waals surface area contributed by atoms with Gasteiger partial charge in [0.1, 0.15) is 18.8 Å². The molecule has 0 aromatic heterocycles. The van der Waals surface area contributed by atoms with Crippen molar-refractivity contribution < 1.29 is 23.9 Å². The highest BCUT2D eigenvalue weighted by molar-refractivity contribution is 5.93. The van der Waals surface area contributed by atoms with Crippen LogP contribution in [0.3, 0.4) is 0 Å². The predicted molar refractivity (Wildman–Crippen MR) is 95.6 cm³/mol. The number of amides is 2. The lowest BCUT2D eigenvalue weighted by Gasteiger charge is -2.08. The summed E-state index contributed by atoms with van der Waals surface area (Å²) in [5.74, 6) is -1.10. The minimum absolute atomic E-state index is 0.0211. The van der Waals surface area contributed by atoms with E-state index in [4.69, 9.17) is 20.5 Å². The van der Waals surface area contributed by atoms with Gasteiger partial charge >= 0.3 is 5.97 Å². The first-order chi connectivity index (χ1) is 13.0. The molecule has 0 spiro atoms. The van der Waals surface area contributed by atoms with Gasteiger partial charge in [-0.05, 0) is 42.0 Å². The highest BCUT2D eigenvalue weighted by atomic mass is 16.5. The second kappa shape index (κ2) is 9.58. The summed E-state index contributed by atoms with van der Waals surface area (Å²) in [6, 6.07) is 14.6. The van der Waals surface area contributed by atoms with Crippen LogP contribution in [0.25, 0.3) is 0 Å². The fourth-order valence-corrected chi connectivity index (χ4v) is 2.08. The molecule has 3 N–H and O–H groups in total. The summed E-state index contributed by atoms with van der Waals surface area (Å²) in [4.78, 5) is 34.2. The molecule has 0 saturated carbocycles. The van der Waals surface area contributed by atoms with E-state index < -0.39 is 17.8 Å². The Morgan fingerprint density at radius 1 is 1.11 bits per heavy atom. The molecule has 8 nitrogen and oxygen atoms in total. The van der Waals surface area contributed by atoms with Gasteiger partial charge < -0.3 is 20.5 Å². The highest BCUT2D eigenvalue weighted by Gasteiger charge is 2.09. The van der Waals surface area contributed by atoms with E-state index in [1.807, 2.05) is 0 Å². The van der Waals surface area contributed by atoms with Crippen LogP contribution in [0.4, 0.5) is 5.69 Å². The Morgan fingerprint density at radius 2 is 1.85 bits per heavy atom. The van der Waals surface area contributed by atoms with Crippen molar-refractivity contribution in [1.82, 2.24) is 0 Å². The van der Waals surface area contributed by atoms with E-state index in [0.717, 1.165) is 0 Å². The molecule has 0 aliphatic rings. The monoisotopic (exact) mass is 367 g/mol. The molecule has 2 aromatic carbocycles. The minimum atomic E-state index is -0.584. The lowest BCUT2D eigenvalue weighted by Crippen LogP contribution is -2.20. The highest BCUT2D eigenvalue weighted by Crippen LogP contribution is 2.16. The SMILES string of the molecule is N#CCC(=O)Nc1ccc(C(=O)OCc2cccc(OCC(N)=O)c2)cc1. The Labute approximate surface area is 155 Å². The standard InChI is InChI=1S/C19H17N3O5/c20-9-8-18(24)22-15-6-4-14(5-7-15)19(25)27-11-13-2-1-3-16(10-13)26-12-17(21)23/h1-7,10H,8,11-12H2,(H2,21,23)(H,22,24). The Morgan fingerprint density at radius 3 is 2.52 bits per heavy atom. The van der Waals surface area contributed by atoms with E-state index in [1.165, 1.54) is 12.1 Å². The summed E-state index contributed by atoms with van der Waals surface area (Å²) < 4.78 is 10.4. The molecule has 27 heavy (non-hydrogen) atoms. The maximum Gasteiger partial charge on any atom is 0.338 e. The topological polar surface area (TPSA) is 132 Å². The lowest BCUT2D eigenvalue weighted by atomic mass is 10.2. The first-order valence-electron chi connectivity index (χ1n) is 7.92. The van der Waals surface area contributed by atoms with E-state index in [0.29, 0.717) is 22.6 Å². The average Bonchev–Trinajstić information content (AvgIpc) is 2.65. The van der Waals surface area contributed by atoms with Crippen molar-refractivity contribution in [3.8, 4) is 11.8 Å². The quantitative estimate of drug-likeness (QED) is 0.683. The zero-order valence-corrected chi connectivity index (χ0v) is 14.3. The van der Waals surface area contributed by atoms with Crippen LogP contribution in [0.2, 0.25) is 0 Å². The zero-order valence-electron chi connectivity index (χ0n) is 14.3. The smallest absolute Gasteiger partial charge is 0.338 e. The van der Waals surface area contributed by atoms with Crippen LogP contribution in [0.5, 0.6) is 5.75 Å². The number of hydrogen-bond acceptors (Lipinski definition) is 6. The number of nitrogens with zero attached hydrogens (tertiary/aromatic N) is 1. The number of nitrogens with two attached hydrogens (primary N) is 1. The molecule has 2 aromatic rings. The second-order valence-electron chi connectivity index (χ2n) is 5.44. The Kier molecular flexibility index (Phi) is 6.91. The van der Waals surface area contributed by atoms with Crippen LogP contribution in [0.15, 0.2) is 48.5 Å². The van der Waals surface area contributed by atoms with Gasteiger partial charge in [0.15, 0.2) is 6.61 Å². The van der Waals surface area contributed by atoms with E-state index >= 15 is 0 Å². The van der Waals surface area contributed by atoms with Crippen LogP contribution >= 0.6 is 0 Å². The number of esters is 1. The summed E-state index contributed by atoms with van der Waals surface area (Å²) >= 11 is 0. The van der Waals surface area contributed by atoms with Crippen molar-refractivity contribution in [1.29, 1.82) is 5.26 Å². The summed E-state index contributed by atoms with van der Waals surface area (Å²) in [6.07, 6.45) is -0.244. The third-order valence-electron chi connectivity index (χ3n) is 3.29. The van der Waals surface area contributed by atoms with Gasteiger partial charge in [0.25, 0.3) is 5.91 Å². The van der Waals surface area contributed by atoms with E-state index in [-0.39, 0.29) is 19.6 Å². The van der Waals surface area contributed by atoms with Crippen molar-refractivity contribution in [2.45, 2.75) is 13.0 Å². The van der Waals surface area contributed by atoms with Crippen molar-refractivity contribution in [2.75, 3.05) is 11.9 Å². The molecule has 0 saturated heterocycles. The number of primary amides is 1. The fraction of sp³-hybridized carbons (Fsp3) is 0.158. The molecule has 2 rings (SSSR count). The number of anilines is 1. The third kappa shape index (κ3) is 6.51. The molecule has 0 bridgehead atoms. The van der Waals surface area contributed by atoms with Crippen LogP contribution in [-0.2, 0) is 20.9 Å². The number of rotatable bonds is 8. The van der Waals surface area contributed by atoms with Crippen LogP contribution < -0.4 is 15.8 Å². The number of ether oxygens (including phenoxy) is 2. The molecule has 138 valence electrons. The number of benzene rings is 2. The van der Waals surface area contributed by atoms with Crippen LogP contribution in [0.1, 0.15) is 22.3 Å². The largest absolute Gasteiger partial charge is 0.484 e. The molecular weight excluding hydrogens is 350 g/mol. The molecule has 8 heteroatoms. The molecular formula is C19H17N3O5. The number of carbonyl (C=O) groups excluding carboxylic acids is 3.